The Kier molecular flexibility index (Phi) is 7.01. The SMILES string of the molecule is CCCN(CCC)C(=O)C(CC)Oc1ccccc1. The van der Waals surface area contributed by atoms with E-state index in [0.29, 0.717) is 6.42 Å². The molecule has 3 nitrogen and oxygen atoms in total. The summed E-state index contributed by atoms with van der Waals surface area (Å²) in [4.78, 5) is 14.4. The zero-order valence-corrected chi connectivity index (χ0v) is 12.3. The second-order valence-electron chi connectivity index (χ2n) is 4.65. The Morgan fingerprint density at radius 3 is 2.16 bits per heavy atom. The zero-order valence-electron chi connectivity index (χ0n) is 12.3. The molecule has 1 rings (SSSR count). The molecule has 0 aliphatic heterocycles. The highest BCUT2D eigenvalue weighted by atomic mass is 16.5. The van der Waals surface area contributed by atoms with Gasteiger partial charge in [0.25, 0.3) is 5.91 Å². The molecule has 1 aromatic rings. The minimum absolute atomic E-state index is 0.107. The van der Waals surface area contributed by atoms with Gasteiger partial charge in [-0.1, -0.05) is 39.0 Å². The molecule has 0 aliphatic carbocycles. The van der Waals surface area contributed by atoms with Crippen LogP contribution in [0.2, 0.25) is 0 Å². The lowest BCUT2D eigenvalue weighted by Crippen LogP contribution is -2.42. The molecule has 19 heavy (non-hydrogen) atoms. The molecule has 0 bridgehead atoms. The fraction of sp³-hybridized carbons (Fsp3) is 0.562. The van der Waals surface area contributed by atoms with Crippen LogP contribution in [0.3, 0.4) is 0 Å². The topological polar surface area (TPSA) is 29.5 Å². The van der Waals surface area contributed by atoms with Crippen LogP contribution >= 0.6 is 0 Å². The number of hydrogen-bond donors (Lipinski definition) is 0. The van der Waals surface area contributed by atoms with Gasteiger partial charge >= 0.3 is 0 Å². The van der Waals surface area contributed by atoms with Gasteiger partial charge in [0.15, 0.2) is 6.10 Å². The Morgan fingerprint density at radius 1 is 1.11 bits per heavy atom. The van der Waals surface area contributed by atoms with Crippen LogP contribution in [-0.2, 0) is 4.79 Å². The van der Waals surface area contributed by atoms with Crippen molar-refractivity contribution in [2.75, 3.05) is 13.1 Å². The number of nitrogens with zero attached hydrogens (tertiary/aromatic N) is 1. The third-order valence-corrected chi connectivity index (χ3v) is 2.97. The second kappa shape index (κ2) is 8.57. The highest BCUT2D eigenvalue weighted by molar-refractivity contribution is 5.81. The van der Waals surface area contributed by atoms with Crippen LogP contribution in [0.15, 0.2) is 30.3 Å². The second-order valence-corrected chi connectivity index (χ2v) is 4.65. The molecule has 1 unspecified atom stereocenters. The van der Waals surface area contributed by atoms with E-state index in [9.17, 15) is 4.79 Å². The van der Waals surface area contributed by atoms with Gasteiger partial charge in [-0.15, -0.1) is 0 Å². The maximum absolute atomic E-state index is 12.5. The van der Waals surface area contributed by atoms with Crippen molar-refractivity contribution in [3.05, 3.63) is 30.3 Å². The summed E-state index contributed by atoms with van der Waals surface area (Å²) in [6.45, 7) is 7.79. The van der Waals surface area contributed by atoms with Crippen LogP contribution in [-0.4, -0.2) is 30.0 Å². The van der Waals surface area contributed by atoms with Crippen LogP contribution in [0, 0.1) is 0 Å². The van der Waals surface area contributed by atoms with E-state index in [1.54, 1.807) is 0 Å². The molecular formula is C16H25NO2. The number of rotatable bonds is 8. The van der Waals surface area contributed by atoms with Crippen LogP contribution in [0.4, 0.5) is 0 Å². The maximum atomic E-state index is 12.5. The third kappa shape index (κ3) is 4.93. The van der Waals surface area contributed by atoms with Gasteiger partial charge in [0.2, 0.25) is 0 Å². The molecule has 0 radical (unpaired) electrons. The predicted molar refractivity (Wildman–Crippen MR) is 78.3 cm³/mol. The molecule has 0 fully saturated rings. The lowest BCUT2D eigenvalue weighted by atomic mass is 10.2. The van der Waals surface area contributed by atoms with E-state index >= 15 is 0 Å². The number of hydrogen-bond acceptors (Lipinski definition) is 2. The molecule has 0 saturated heterocycles. The molecule has 0 spiro atoms. The summed E-state index contributed by atoms with van der Waals surface area (Å²) < 4.78 is 5.81. The van der Waals surface area contributed by atoms with Crippen LogP contribution < -0.4 is 4.74 Å². The number of ether oxygens (including phenoxy) is 1. The van der Waals surface area contributed by atoms with Crippen molar-refractivity contribution in [1.29, 1.82) is 0 Å². The Morgan fingerprint density at radius 2 is 1.68 bits per heavy atom. The summed E-state index contributed by atoms with van der Waals surface area (Å²) in [5.41, 5.74) is 0. The molecule has 1 amide bonds. The van der Waals surface area contributed by atoms with Crippen LogP contribution in [0.25, 0.3) is 0 Å². The monoisotopic (exact) mass is 263 g/mol. The number of benzene rings is 1. The van der Waals surface area contributed by atoms with E-state index in [-0.39, 0.29) is 12.0 Å². The van der Waals surface area contributed by atoms with Crippen molar-refractivity contribution in [2.45, 2.75) is 46.1 Å². The maximum Gasteiger partial charge on any atom is 0.263 e. The molecule has 106 valence electrons. The lowest BCUT2D eigenvalue weighted by Gasteiger charge is -2.26. The first-order valence-corrected chi connectivity index (χ1v) is 7.23. The van der Waals surface area contributed by atoms with Gasteiger partial charge < -0.3 is 9.64 Å². The van der Waals surface area contributed by atoms with Crippen molar-refractivity contribution in [3.8, 4) is 5.75 Å². The molecular weight excluding hydrogens is 238 g/mol. The van der Waals surface area contributed by atoms with Gasteiger partial charge in [-0.2, -0.15) is 0 Å². The number of amides is 1. The quantitative estimate of drug-likeness (QED) is 0.718. The zero-order chi connectivity index (χ0) is 14.1. The smallest absolute Gasteiger partial charge is 0.263 e. The molecule has 1 aromatic carbocycles. The summed E-state index contributed by atoms with van der Waals surface area (Å²) >= 11 is 0. The molecule has 0 N–H and O–H groups in total. The largest absolute Gasteiger partial charge is 0.481 e. The average Bonchev–Trinajstić information content (AvgIpc) is 2.45. The van der Waals surface area contributed by atoms with Crippen LogP contribution in [0.5, 0.6) is 5.75 Å². The number of carbonyl (C=O) groups excluding carboxylic acids is 1. The summed E-state index contributed by atoms with van der Waals surface area (Å²) in [6, 6.07) is 9.56. The van der Waals surface area contributed by atoms with Gasteiger partial charge in [0, 0.05) is 13.1 Å². The van der Waals surface area contributed by atoms with Gasteiger partial charge in [-0.3, -0.25) is 4.79 Å². The van der Waals surface area contributed by atoms with Crippen LogP contribution in [0.1, 0.15) is 40.0 Å². The summed E-state index contributed by atoms with van der Waals surface area (Å²) in [6.07, 6.45) is 2.28. The fourth-order valence-electron chi connectivity index (χ4n) is 2.05. The Hall–Kier alpha value is -1.51. The summed E-state index contributed by atoms with van der Waals surface area (Å²) in [5.74, 6) is 0.866. The lowest BCUT2D eigenvalue weighted by molar-refractivity contribution is -0.139. The Bertz CT molecular complexity index is 358. The molecule has 0 aromatic heterocycles. The minimum Gasteiger partial charge on any atom is -0.481 e. The summed E-state index contributed by atoms with van der Waals surface area (Å²) in [5, 5.41) is 0. The summed E-state index contributed by atoms with van der Waals surface area (Å²) in [7, 11) is 0. The van der Waals surface area contributed by atoms with E-state index in [1.807, 2.05) is 42.2 Å². The first kappa shape index (κ1) is 15.5. The molecule has 0 aliphatic rings. The first-order valence-electron chi connectivity index (χ1n) is 7.23. The van der Waals surface area contributed by atoms with Gasteiger partial charge in [0.1, 0.15) is 5.75 Å². The molecule has 3 heteroatoms. The molecule has 1 atom stereocenters. The standard InChI is InChI=1S/C16H25NO2/c1-4-12-17(13-5-2)16(18)15(6-3)19-14-10-8-7-9-11-14/h7-11,15H,4-6,12-13H2,1-3H3. The van der Waals surface area contributed by atoms with Crippen molar-refractivity contribution < 1.29 is 9.53 Å². The van der Waals surface area contributed by atoms with E-state index < -0.39 is 0 Å². The molecule has 0 heterocycles. The van der Waals surface area contributed by atoms with Crippen molar-refractivity contribution in [3.63, 3.8) is 0 Å². The fourth-order valence-corrected chi connectivity index (χ4v) is 2.05. The predicted octanol–water partition coefficient (Wildman–Crippen LogP) is 3.49. The third-order valence-electron chi connectivity index (χ3n) is 2.97. The Balaban J connectivity index is 2.69. The minimum atomic E-state index is -0.375. The average molecular weight is 263 g/mol. The number of carbonyl (C=O) groups is 1. The highest BCUT2D eigenvalue weighted by Crippen LogP contribution is 2.14. The van der Waals surface area contributed by atoms with E-state index in [4.69, 9.17) is 4.74 Å². The van der Waals surface area contributed by atoms with E-state index in [0.717, 1.165) is 31.7 Å². The van der Waals surface area contributed by atoms with Gasteiger partial charge in [-0.25, -0.2) is 0 Å². The van der Waals surface area contributed by atoms with Gasteiger partial charge in [-0.05, 0) is 31.4 Å². The van der Waals surface area contributed by atoms with Gasteiger partial charge in [0.05, 0.1) is 0 Å². The van der Waals surface area contributed by atoms with E-state index in [1.165, 1.54) is 0 Å². The number of para-hydroxylation sites is 1. The van der Waals surface area contributed by atoms with Crippen molar-refractivity contribution >= 4 is 5.91 Å². The molecule has 0 saturated carbocycles. The first-order chi connectivity index (χ1) is 9.22. The normalized spacial score (nSPS) is 11.9. The van der Waals surface area contributed by atoms with Crippen molar-refractivity contribution in [1.82, 2.24) is 4.90 Å². The van der Waals surface area contributed by atoms with E-state index in [2.05, 4.69) is 13.8 Å². The Labute approximate surface area is 116 Å². The van der Waals surface area contributed by atoms with Crippen molar-refractivity contribution in [2.24, 2.45) is 0 Å². The highest BCUT2D eigenvalue weighted by Gasteiger charge is 2.23.